The van der Waals surface area contributed by atoms with E-state index in [9.17, 15) is 22.8 Å². The first kappa shape index (κ1) is 24.2. The van der Waals surface area contributed by atoms with E-state index in [4.69, 9.17) is 18.6 Å². The fraction of sp³-hybridized carbons (Fsp3) is 0.333. The largest absolute Gasteiger partial charge is 0.482 e. The summed E-state index contributed by atoms with van der Waals surface area (Å²) in [5.41, 5.74) is -0.0233. The molecule has 0 saturated carbocycles. The minimum atomic E-state index is -4.99. The molecule has 0 spiro atoms. The van der Waals surface area contributed by atoms with Crippen LogP contribution in [0.25, 0.3) is 11.0 Å². The van der Waals surface area contributed by atoms with Crippen molar-refractivity contribution in [3.8, 4) is 17.2 Å². The molecule has 3 rings (SSSR count). The van der Waals surface area contributed by atoms with Gasteiger partial charge in [0.05, 0.1) is 11.5 Å². The molecule has 9 heteroatoms. The number of carbonyl (C=O) groups is 1. The van der Waals surface area contributed by atoms with Gasteiger partial charge in [0.1, 0.15) is 17.1 Å². The summed E-state index contributed by atoms with van der Waals surface area (Å²) in [6, 6.07) is 8.71. The summed E-state index contributed by atoms with van der Waals surface area (Å²) in [7, 11) is 0. The van der Waals surface area contributed by atoms with E-state index in [1.807, 2.05) is 6.92 Å². The van der Waals surface area contributed by atoms with E-state index in [1.165, 1.54) is 18.2 Å². The van der Waals surface area contributed by atoms with Gasteiger partial charge in [0.15, 0.2) is 6.61 Å². The number of ether oxygens (including phenoxy) is 3. The lowest BCUT2D eigenvalue weighted by atomic mass is 10.1. The standard InChI is InChI=1S/C24H23F3O6/c1-5-15(4)31-20(28)12-30-16-8-9-17-19(11-16)33-23(24(25,26)27)22(21(17)29)32-18-10-13(2)6-7-14(18)3/h6-11,15H,5,12H2,1-4H3. The first-order chi connectivity index (χ1) is 15.5. The second kappa shape index (κ2) is 9.56. The average Bonchev–Trinajstić information content (AvgIpc) is 2.75. The lowest BCUT2D eigenvalue weighted by Gasteiger charge is -2.15. The van der Waals surface area contributed by atoms with Crippen molar-refractivity contribution >= 4 is 16.9 Å². The number of aryl methyl sites for hydroxylation is 2. The maximum Gasteiger partial charge on any atom is 0.453 e. The highest BCUT2D eigenvalue weighted by molar-refractivity contribution is 5.80. The van der Waals surface area contributed by atoms with E-state index in [1.54, 1.807) is 32.9 Å². The lowest BCUT2D eigenvalue weighted by Crippen LogP contribution is -2.20. The maximum atomic E-state index is 13.7. The normalized spacial score (nSPS) is 12.5. The van der Waals surface area contributed by atoms with Crippen LogP contribution in [0.15, 0.2) is 45.6 Å². The summed E-state index contributed by atoms with van der Waals surface area (Å²) in [5.74, 6) is -2.97. The predicted octanol–water partition coefficient (Wildman–Crippen LogP) is 5.94. The van der Waals surface area contributed by atoms with Crippen LogP contribution in [-0.2, 0) is 15.7 Å². The molecule has 0 radical (unpaired) electrons. The highest BCUT2D eigenvalue weighted by Crippen LogP contribution is 2.39. The molecule has 0 saturated heterocycles. The Morgan fingerprint density at radius 1 is 1.12 bits per heavy atom. The maximum absolute atomic E-state index is 13.7. The Morgan fingerprint density at radius 2 is 1.85 bits per heavy atom. The summed E-state index contributed by atoms with van der Waals surface area (Å²) in [6.07, 6.45) is -4.66. The van der Waals surface area contributed by atoms with E-state index in [0.29, 0.717) is 12.0 Å². The van der Waals surface area contributed by atoms with Crippen molar-refractivity contribution in [1.29, 1.82) is 0 Å². The molecule has 0 bridgehead atoms. The number of esters is 1. The van der Waals surface area contributed by atoms with Gasteiger partial charge in [-0.2, -0.15) is 13.2 Å². The van der Waals surface area contributed by atoms with Gasteiger partial charge >= 0.3 is 12.1 Å². The van der Waals surface area contributed by atoms with Crippen LogP contribution >= 0.6 is 0 Å². The average molecular weight is 464 g/mol. The number of benzene rings is 2. The Labute approximate surface area is 187 Å². The van der Waals surface area contributed by atoms with Crippen LogP contribution in [-0.4, -0.2) is 18.7 Å². The van der Waals surface area contributed by atoms with Crippen LogP contribution in [0.1, 0.15) is 37.2 Å². The van der Waals surface area contributed by atoms with Crippen molar-refractivity contribution in [1.82, 2.24) is 0 Å². The van der Waals surface area contributed by atoms with Crippen LogP contribution in [0.3, 0.4) is 0 Å². The number of carbonyl (C=O) groups excluding carboxylic acids is 1. The molecule has 0 N–H and O–H groups in total. The van der Waals surface area contributed by atoms with E-state index >= 15 is 0 Å². The smallest absolute Gasteiger partial charge is 0.453 e. The molecule has 33 heavy (non-hydrogen) atoms. The van der Waals surface area contributed by atoms with Gasteiger partial charge in [-0.25, -0.2) is 4.79 Å². The number of rotatable bonds is 7. The number of halogens is 3. The van der Waals surface area contributed by atoms with Crippen LogP contribution in [0.5, 0.6) is 17.2 Å². The van der Waals surface area contributed by atoms with E-state index in [2.05, 4.69) is 0 Å². The molecule has 1 unspecified atom stereocenters. The van der Waals surface area contributed by atoms with Gasteiger partial charge in [-0.3, -0.25) is 4.79 Å². The van der Waals surface area contributed by atoms with Crippen LogP contribution in [0.2, 0.25) is 0 Å². The summed E-state index contributed by atoms with van der Waals surface area (Å²) in [6.45, 7) is 6.53. The summed E-state index contributed by atoms with van der Waals surface area (Å²) in [5, 5.41) is -0.127. The van der Waals surface area contributed by atoms with E-state index in [-0.39, 0.29) is 28.6 Å². The third kappa shape index (κ3) is 5.66. The molecule has 1 aromatic heterocycles. The molecular formula is C24H23F3O6. The summed E-state index contributed by atoms with van der Waals surface area (Å²) >= 11 is 0. The van der Waals surface area contributed by atoms with Gasteiger partial charge in [0.2, 0.25) is 11.2 Å². The fourth-order valence-corrected chi connectivity index (χ4v) is 2.94. The third-order valence-corrected chi connectivity index (χ3v) is 4.90. The van der Waals surface area contributed by atoms with Gasteiger partial charge in [-0.15, -0.1) is 0 Å². The minimum Gasteiger partial charge on any atom is -0.482 e. The van der Waals surface area contributed by atoms with Gasteiger partial charge in [-0.1, -0.05) is 19.1 Å². The van der Waals surface area contributed by atoms with Crippen molar-refractivity contribution in [2.75, 3.05) is 6.61 Å². The topological polar surface area (TPSA) is 75.0 Å². The summed E-state index contributed by atoms with van der Waals surface area (Å²) in [4.78, 5) is 24.7. The van der Waals surface area contributed by atoms with Gasteiger partial charge < -0.3 is 18.6 Å². The minimum absolute atomic E-state index is 0.0445. The third-order valence-electron chi connectivity index (χ3n) is 4.90. The Morgan fingerprint density at radius 3 is 2.52 bits per heavy atom. The number of fused-ring (bicyclic) bond motifs is 1. The molecule has 0 aliphatic rings. The second-order valence-corrected chi connectivity index (χ2v) is 7.61. The zero-order chi connectivity index (χ0) is 24.3. The highest BCUT2D eigenvalue weighted by atomic mass is 19.4. The van der Waals surface area contributed by atoms with E-state index in [0.717, 1.165) is 11.6 Å². The number of hydrogen-bond acceptors (Lipinski definition) is 6. The molecule has 0 aliphatic carbocycles. The molecule has 0 aliphatic heterocycles. The Bertz CT molecular complexity index is 1230. The van der Waals surface area contributed by atoms with Crippen molar-refractivity contribution in [3.63, 3.8) is 0 Å². The van der Waals surface area contributed by atoms with Crippen molar-refractivity contribution in [3.05, 3.63) is 63.5 Å². The van der Waals surface area contributed by atoms with Crippen LogP contribution < -0.4 is 14.9 Å². The number of alkyl halides is 3. The molecule has 0 amide bonds. The zero-order valence-electron chi connectivity index (χ0n) is 18.5. The molecule has 3 aromatic rings. The first-order valence-electron chi connectivity index (χ1n) is 10.2. The van der Waals surface area contributed by atoms with Crippen molar-refractivity contribution in [2.45, 2.75) is 46.4 Å². The Hall–Kier alpha value is -3.49. The predicted molar refractivity (Wildman–Crippen MR) is 115 cm³/mol. The van der Waals surface area contributed by atoms with Gasteiger partial charge in [0.25, 0.3) is 5.76 Å². The SMILES string of the molecule is CCC(C)OC(=O)COc1ccc2c(=O)c(Oc3cc(C)ccc3C)c(C(F)(F)F)oc2c1. The molecule has 1 atom stereocenters. The molecule has 176 valence electrons. The zero-order valence-corrected chi connectivity index (χ0v) is 18.5. The molecular weight excluding hydrogens is 441 g/mol. The fourth-order valence-electron chi connectivity index (χ4n) is 2.94. The highest BCUT2D eigenvalue weighted by Gasteiger charge is 2.40. The van der Waals surface area contributed by atoms with E-state index < -0.39 is 35.7 Å². The first-order valence-corrected chi connectivity index (χ1v) is 10.2. The molecule has 6 nitrogen and oxygen atoms in total. The van der Waals surface area contributed by atoms with Gasteiger partial charge in [-0.05, 0) is 56.5 Å². The quantitative estimate of drug-likeness (QED) is 0.403. The summed E-state index contributed by atoms with van der Waals surface area (Å²) < 4.78 is 62.1. The Kier molecular flexibility index (Phi) is 7.00. The molecule has 0 fully saturated rings. The molecule has 1 heterocycles. The van der Waals surface area contributed by atoms with Crippen molar-refractivity contribution < 1.29 is 36.6 Å². The molecule has 2 aromatic carbocycles. The monoisotopic (exact) mass is 464 g/mol. The second-order valence-electron chi connectivity index (χ2n) is 7.61. The van der Waals surface area contributed by atoms with Crippen molar-refractivity contribution in [2.24, 2.45) is 0 Å². The van der Waals surface area contributed by atoms with Crippen LogP contribution in [0.4, 0.5) is 13.2 Å². The number of hydrogen-bond donors (Lipinski definition) is 0. The van der Waals surface area contributed by atoms with Crippen LogP contribution in [0, 0.1) is 13.8 Å². The Balaban J connectivity index is 1.99. The van der Waals surface area contributed by atoms with Gasteiger partial charge in [0, 0.05) is 6.07 Å². The lowest BCUT2D eigenvalue weighted by molar-refractivity contribution is -0.154.